The van der Waals surface area contributed by atoms with Crippen LogP contribution in [0.1, 0.15) is 13.3 Å². The van der Waals surface area contributed by atoms with E-state index in [0.29, 0.717) is 12.5 Å². The van der Waals surface area contributed by atoms with Gasteiger partial charge in [0.15, 0.2) is 0 Å². The van der Waals surface area contributed by atoms with Gasteiger partial charge in [0.25, 0.3) is 0 Å². The van der Waals surface area contributed by atoms with Crippen molar-refractivity contribution in [1.82, 2.24) is 15.5 Å². The molecule has 0 spiro atoms. The van der Waals surface area contributed by atoms with Crippen molar-refractivity contribution in [1.29, 1.82) is 0 Å². The Bertz CT molecular complexity index is 188. The average molecular weight is 199 g/mol. The van der Waals surface area contributed by atoms with Gasteiger partial charge in [0.2, 0.25) is 5.91 Å². The lowest BCUT2D eigenvalue weighted by Gasteiger charge is -2.20. The van der Waals surface area contributed by atoms with Crippen molar-refractivity contribution in [2.24, 2.45) is 5.92 Å². The van der Waals surface area contributed by atoms with Crippen LogP contribution in [-0.2, 0) is 4.79 Å². The lowest BCUT2D eigenvalue weighted by atomic mass is 10.0. The monoisotopic (exact) mass is 199 g/mol. The number of rotatable bonds is 4. The summed E-state index contributed by atoms with van der Waals surface area (Å²) in [5.74, 6) is 0.718. The number of hydrogen-bond donors (Lipinski definition) is 2. The predicted molar refractivity (Wildman–Crippen MR) is 57.1 cm³/mol. The molecule has 4 nitrogen and oxygen atoms in total. The Morgan fingerprint density at radius 2 is 2.36 bits per heavy atom. The van der Waals surface area contributed by atoms with Gasteiger partial charge in [0.1, 0.15) is 0 Å². The van der Waals surface area contributed by atoms with Crippen LogP contribution < -0.4 is 10.6 Å². The van der Waals surface area contributed by atoms with Crippen molar-refractivity contribution < 1.29 is 4.79 Å². The highest BCUT2D eigenvalue weighted by Gasteiger charge is 2.22. The summed E-state index contributed by atoms with van der Waals surface area (Å²) >= 11 is 0. The highest BCUT2D eigenvalue weighted by atomic mass is 16.2. The number of carbonyl (C=O) groups is 1. The lowest BCUT2D eigenvalue weighted by molar-refractivity contribution is -0.122. The second kappa shape index (κ2) is 5.32. The number of nitrogens with zero attached hydrogens (tertiary/aromatic N) is 1. The fourth-order valence-electron chi connectivity index (χ4n) is 1.81. The van der Waals surface area contributed by atoms with E-state index in [4.69, 9.17) is 0 Å². The SMILES string of the molecule is CC(NC(=O)CN(C)C)C1CCNC1. The molecule has 4 heteroatoms. The predicted octanol–water partition coefficient (Wildman–Crippen LogP) is -0.338. The first-order chi connectivity index (χ1) is 6.59. The van der Waals surface area contributed by atoms with Gasteiger partial charge in [-0.05, 0) is 46.4 Å². The summed E-state index contributed by atoms with van der Waals surface area (Å²) < 4.78 is 0. The normalized spacial score (nSPS) is 23.9. The topological polar surface area (TPSA) is 44.4 Å². The molecule has 1 fully saturated rings. The molecular formula is C10H21N3O. The van der Waals surface area contributed by atoms with E-state index in [-0.39, 0.29) is 11.9 Å². The van der Waals surface area contributed by atoms with Gasteiger partial charge >= 0.3 is 0 Å². The van der Waals surface area contributed by atoms with Gasteiger partial charge in [0, 0.05) is 6.04 Å². The number of likely N-dealkylation sites (N-methyl/N-ethyl adjacent to an activating group) is 1. The molecule has 2 N–H and O–H groups in total. The molecule has 0 bridgehead atoms. The molecule has 1 aliphatic rings. The van der Waals surface area contributed by atoms with Crippen molar-refractivity contribution in [2.75, 3.05) is 33.7 Å². The van der Waals surface area contributed by atoms with Crippen LogP contribution in [0.15, 0.2) is 0 Å². The highest BCUT2D eigenvalue weighted by Crippen LogP contribution is 2.11. The first-order valence-corrected chi connectivity index (χ1v) is 5.24. The molecule has 1 rings (SSSR count). The zero-order valence-corrected chi connectivity index (χ0v) is 9.34. The van der Waals surface area contributed by atoms with Crippen molar-refractivity contribution in [3.05, 3.63) is 0 Å². The highest BCUT2D eigenvalue weighted by molar-refractivity contribution is 5.78. The van der Waals surface area contributed by atoms with Crippen LogP contribution in [-0.4, -0.2) is 50.6 Å². The van der Waals surface area contributed by atoms with Gasteiger partial charge in [-0.25, -0.2) is 0 Å². The Morgan fingerprint density at radius 3 is 2.86 bits per heavy atom. The molecule has 0 aliphatic carbocycles. The zero-order valence-electron chi connectivity index (χ0n) is 9.34. The maximum Gasteiger partial charge on any atom is 0.234 e. The zero-order chi connectivity index (χ0) is 10.6. The third-order valence-electron chi connectivity index (χ3n) is 2.65. The summed E-state index contributed by atoms with van der Waals surface area (Å²) in [6.07, 6.45) is 1.17. The van der Waals surface area contributed by atoms with E-state index in [1.165, 1.54) is 6.42 Å². The molecule has 14 heavy (non-hydrogen) atoms. The number of amides is 1. The van der Waals surface area contributed by atoms with Gasteiger partial charge in [0.05, 0.1) is 6.54 Å². The van der Waals surface area contributed by atoms with Gasteiger partial charge in [-0.1, -0.05) is 0 Å². The van der Waals surface area contributed by atoms with E-state index in [1.54, 1.807) is 0 Å². The summed E-state index contributed by atoms with van der Waals surface area (Å²) in [5.41, 5.74) is 0. The summed E-state index contributed by atoms with van der Waals surface area (Å²) in [6.45, 7) is 4.68. The Hall–Kier alpha value is -0.610. The number of carbonyl (C=O) groups excluding carboxylic acids is 1. The number of nitrogens with one attached hydrogen (secondary N) is 2. The second-order valence-corrected chi connectivity index (χ2v) is 4.35. The molecule has 1 amide bonds. The van der Waals surface area contributed by atoms with Gasteiger partial charge in [-0.2, -0.15) is 0 Å². The molecule has 1 aliphatic heterocycles. The van der Waals surface area contributed by atoms with E-state index in [9.17, 15) is 4.79 Å². The minimum absolute atomic E-state index is 0.120. The quantitative estimate of drug-likeness (QED) is 0.651. The minimum Gasteiger partial charge on any atom is -0.352 e. The minimum atomic E-state index is 0.120. The van der Waals surface area contributed by atoms with Gasteiger partial charge in [-0.3, -0.25) is 4.79 Å². The Kier molecular flexibility index (Phi) is 4.35. The molecule has 1 saturated heterocycles. The molecule has 1 heterocycles. The van der Waals surface area contributed by atoms with E-state index in [0.717, 1.165) is 13.1 Å². The first kappa shape index (κ1) is 11.5. The van der Waals surface area contributed by atoms with E-state index < -0.39 is 0 Å². The molecule has 0 aromatic heterocycles. The van der Waals surface area contributed by atoms with Crippen LogP contribution in [0.5, 0.6) is 0 Å². The summed E-state index contributed by atoms with van der Waals surface area (Å²) in [6, 6.07) is 0.289. The van der Waals surface area contributed by atoms with Crippen LogP contribution in [0.25, 0.3) is 0 Å². The maximum atomic E-state index is 11.4. The van der Waals surface area contributed by atoms with Crippen LogP contribution >= 0.6 is 0 Å². The number of hydrogen-bond acceptors (Lipinski definition) is 3. The van der Waals surface area contributed by atoms with Crippen LogP contribution in [0.4, 0.5) is 0 Å². The van der Waals surface area contributed by atoms with Gasteiger partial charge in [-0.15, -0.1) is 0 Å². The Morgan fingerprint density at radius 1 is 1.64 bits per heavy atom. The smallest absolute Gasteiger partial charge is 0.234 e. The molecule has 82 valence electrons. The molecule has 0 radical (unpaired) electrons. The molecule has 0 saturated carbocycles. The fraction of sp³-hybridized carbons (Fsp3) is 0.900. The van der Waals surface area contributed by atoms with E-state index in [2.05, 4.69) is 17.6 Å². The molecule has 0 aromatic rings. The first-order valence-electron chi connectivity index (χ1n) is 5.24. The summed E-state index contributed by atoms with van der Waals surface area (Å²) in [4.78, 5) is 13.3. The fourth-order valence-corrected chi connectivity index (χ4v) is 1.81. The van der Waals surface area contributed by atoms with Crippen molar-refractivity contribution in [2.45, 2.75) is 19.4 Å². The van der Waals surface area contributed by atoms with Gasteiger partial charge < -0.3 is 15.5 Å². The van der Waals surface area contributed by atoms with Crippen molar-refractivity contribution in [3.8, 4) is 0 Å². The lowest BCUT2D eigenvalue weighted by Crippen LogP contribution is -2.42. The Labute approximate surface area is 86.0 Å². The Balaban J connectivity index is 2.24. The van der Waals surface area contributed by atoms with E-state index >= 15 is 0 Å². The maximum absolute atomic E-state index is 11.4. The van der Waals surface area contributed by atoms with Crippen LogP contribution in [0, 0.1) is 5.92 Å². The standard InChI is InChI=1S/C10H21N3O/c1-8(9-4-5-11-6-9)12-10(14)7-13(2)3/h8-9,11H,4-7H2,1-3H3,(H,12,14). The van der Waals surface area contributed by atoms with Crippen molar-refractivity contribution in [3.63, 3.8) is 0 Å². The molecular weight excluding hydrogens is 178 g/mol. The molecule has 2 unspecified atom stereocenters. The third-order valence-corrected chi connectivity index (χ3v) is 2.65. The third kappa shape index (κ3) is 3.64. The largest absolute Gasteiger partial charge is 0.352 e. The van der Waals surface area contributed by atoms with Crippen LogP contribution in [0.2, 0.25) is 0 Å². The second-order valence-electron chi connectivity index (χ2n) is 4.35. The average Bonchev–Trinajstić information content (AvgIpc) is 2.53. The molecule has 2 atom stereocenters. The van der Waals surface area contributed by atoms with Crippen molar-refractivity contribution >= 4 is 5.91 Å². The van der Waals surface area contributed by atoms with E-state index in [1.807, 2.05) is 19.0 Å². The molecule has 0 aromatic carbocycles. The van der Waals surface area contributed by atoms with Crippen LogP contribution in [0.3, 0.4) is 0 Å². The summed E-state index contributed by atoms with van der Waals surface area (Å²) in [5, 5.41) is 6.34. The summed E-state index contributed by atoms with van der Waals surface area (Å²) in [7, 11) is 3.81.